The Morgan fingerprint density at radius 2 is 1.41 bits per heavy atom. The lowest BCUT2D eigenvalue weighted by Gasteiger charge is -2.34. The quantitative estimate of drug-likeness (QED) is 0.628. The van der Waals surface area contributed by atoms with Gasteiger partial charge in [-0.2, -0.15) is 0 Å². The molecule has 5 heteroatoms. The van der Waals surface area contributed by atoms with Gasteiger partial charge in [0.05, 0.1) is 13.2 Å². The molecule has 2 aromatic rings. The first-order valence-corrected chi connectivity index (χ1v) is 12.4. The number of hydrogen-bond donors (Lipinski definition) is 0. The molecule has 0 saturated carbocycles. The molecule has 5 nitrogen and oxygen atoms in total. The number of piperazine rings is 1. The molecule has 0 amide bonds. The van der Waals surface area contributed by atoms with Gasteiger partial charge in [0.2, 0.25) is 0 Å². The molecule has 3 aliphatic rings. The Kier molecular flexibility index (Phi) is 6.67. The average Bonchev–Trinajstić information content (AvgIpc) is 3.41. The zero-order valence-corrected chi connectivity index (χ0v) is 19.7. The predicted octanol–water partition coefficient (Wildman–Crippen LogP) is 3.83. The van der Waals surface area contributed by atoms with E-state index in [1.165, 1.54) is 48.4 Å². The summed E-state index contributed by atoms with van der Waals surface area (Å²) in [7, 11) is 2.18. The Balaban J connectivity index is 1.12. The number of likely N-dealkylation sites (tertiary alicyclic amines) is 2. The van der Waals surface area contributed by atoms with E-state index < -0.39 is 0 Å². The highest BCUT2D eigenvalue weighted by Gasteiger charge is 2.42. The molecule has 0 unspecified atom stereocenters. The van der Waals surface area contributed by atoms with E-state index in [4.69, 9.17) is 4.74 Å². The summed E-state index contributed by atoms with van der Waals surface area (Å²) in [6.45, 7) is 11.6. The highest BCUT2D eigenvalue weighted by Crippen LogP contribution is 2.33. The van der Waals surface area contributed by atoms with E-state index in [1.807, 2.05) is 0 Å². The molecular weight excluding hydrogens is 396 g/mol. The summed E-state index contributed by atoms with van der Waals surface area (Å²) in [6.07, 6.45) is 2.51. The summed E-state index contributed by atoms with van der Waals surface area (Å²) >= 11 is 0. The number of benzene rings is 2. The van der Waals surface area contributed by atoms with Crippen LogP contribution >= 0.6 is 0 Å². The summed E-state index contributed by atoms with van der Waals surface area (Å²) in [5.74, 6) is 0. The van der Waals surface area contributed by atoms with Gasteiger partial charge < -0.3 is 14.5 Å². The van der Waals surface area contributed by atoms with Gasteiger partial charge in [0.15, 0.2) is 0 Å². The Morgan fingerprint density at radius 3 is 1.94 bits per heavy atom. The first kappa shape index (κ1) is 21.7. The van der Waals surface area contributed by atoms with Gasteiger partial charge in [-0.3, -0.25) is 9.80 Å². The molecule has 32 heavy (non-hydrogen) atoms. The van der Waals surface area contributed by atoms with E-state index in [0.717, 1.165) is 45.9 Å². The molecule has 0 radical (unpaired) electrons. The smallest absolute Gasteiger partial charge is 0.0642 e. The zero-order chi connectivity index (χ0) is 21.9. The van der Waals surface area contributed by atoms with Crippen molar-refractivity contribution in [3.63, 3.8) is 0 Å². The largest absolute Gasteiger partial charge is 0.378 e. The van der Waals surface area contributed by atoms with Crippen LogP contribution in [-0.2, 0) is 17.8 Å². The van der Waals surface area contributed by atoms with Gasteiger partial charge in [-0.05, 0) is 48.2 Å². The standard InChI is InChI=1S/C27H38N4O/c1-3-12-28(2)24-8-4-22(5-9-24)18-30-20-27-17-26(30)21-31(27)19-23-6-10-25(11-7-23)29-13-15-32-16-14-29/h4-11,26-27H,3,12-21H2,1-2H3/t26-,27-/m0/s1. The molecule has 2 bridgehead atoms. The van der Waals surface area contributed by atoms with Crippen molar-refractivity contribution in [1.29, 1.82) is 0 Å². The summed E-state index contributed by atoms with van der Waals surface area (Å²) in [5.41, 5.74) is 5.53. The van der Waals surface area contributed by atoms with E-state index in [2.05, 4.69) is 82.1 Å². The number of hydrogen-bond acceptors (Lipinski definition) is 5. The van der Waals surface area contributed by atoms with Crippen LogP contribution in [0.5, 0.6) is 0 Å². The second-order valence-corrected chi connectivity index (χ2v) is 9.76. The van der Waals surface area contributed by atoms with Gasteiger partial charge in [0.25, 0.3) is 0 Å². The number of anilines is 2. The lowest BCUT2D eigenvalue weighted by atomic mass is 10.1. The highest BCUT2D eigenvalue weighted by atomic mass is 16.5. The maximum Gasteiger partial charge on any atom is 0.0642 e. The minimum atomic E-state index is 0.703. The molecule has 0 spiro atoms. The number of nitrogens with zero attached hydrogens (tertiary/aromatic N) is 4. The van der Waals surface area contributed by atoms with Gasteiger partial charge in [0, 0.05) is 76.3 Å². The van der Waals surface area contributed by atoms with Crippen molar-refractivity contribution in [1.82, 2.24) is 9.80 Å². The molecule has 3 fully saturated rings. The van der Waals surface area contributed by atoms with Crippen molar-refractivity contribution in [2.24, 2.45) is 0 Å². The molecule has 172 valence electrons. The first-order valence-electron chi connectivity index (χ1n) is 12.4. The topological polar surface area (TPSA) is 22.2 Å². The van der Waals surface area contributed by atoms with Crippen molar-refractivity contribution in [2.45, 2.75) is 44.9 Å². The fraction of sp³-hybridized carbons (Fsp3) is 0.556. The molecule has 0 aliphatic carbocycles. The third-order valence-corrected chi connectivity index (χ3v) is 7.49. The van der Waals surface area contributed by atoms with E-state index in [1.54, 1.807) is 0 Å². The molecule has 0 N–H and O–H groups in total. The van der Waals surface area contributed by atoms with Crippen molar-refractivity contribution in [3.8, 4) is 0 Å². The summed E-state index contributed by atoms with van der Waals surface area (Å²) in [4.78, 5) is 10.2. The minimum absolute atomic E-state index is 0.703. The second kappa shape index (κ2) is 9.82. The van der Waals surface area contributed by atoms with E-state index >= 15 is 0 Å². The number of fused-ring (bicyclic) bond motifs is 2. The van der Waals surface area contributed by atoms with Gasteiger partial charge in [0.1, 0.15) is 0 Å². The Morgan fingerprint density at radius 1 is 0.844 bits per heavy atom. The number of ether oxygens (including phenoxy) is 1. The van der Waals surface area contributed by atoms with Gasteiger partial charge in [-0.15, -0.1) is 0 Å². The van der Waals surface area contributed by atoms with Gasteiger partial charge in [-0.1, -0.05) is 31.2 Å². The van der Waals surface area contributed by atoms with E-state index in [0.29, 0.717) is 12.1 Å². The van der Waals surface area contributed by atoms with Crippen molar-refractivity contribution >= 4 is 11.4 Å². The van der Waals surface area contributed by atoms with Crippen molar-refractivity contribution in [3.05, 3.63) is 59.7 Å². The second-order valence-electron chi connectivity index (χ2n) is 9.76. The van der Waals surface area contributed by atoms with Crippen molar-refractivity contribution in [2.75, 3.05) is 62.8 Å². The zero-order valence-electron chi connectivity index (χ0n) is 19.7. The van der Waals surface area contributed by atoms with Crippen LogP contribution in [0.3, 0.4) is 0 Å². The maximum atomic E-state index is 5.48. The third-order valence-electron chi connectivity index (χ3n) is 7.49. The monoisotopic (exact) mass is 434 g/mol. The van der Waals surface area contributed by atoms with Crippen LogP contribution in [0.25, 0.3) is 0 Å². The molecule has 3 saturated heterocycles. The van der Waals surface area contributed by atoms with Crippen LogP contribution in [0.1, 0.15) is 30.9 Å². The molecule has 2 aromatic carbocycles. The number of rotatable bonds is 8. The minimum Gasteiger partial charge on any atom is -0.378 e. The fourth-order valence-electron chi connectivity index (χ4n) is 5.64. The summed E-state index contributed by atoms with van der Waals surface area (Å²) in [5, 5.41) is 0. The van der Waals surface area contributed by atoms with Crippen LogP contribution in [0.4, 0.5) is 11.4 Å². The first-order chi connectivity index (χ1) is 15.7. The normalized spacial score (nSPS) is 23.8. The average molecular weight is 435 g/mol. The lowest BCUT2D eigenvalue weighted by Crippen LogP contribution is -2.45. The molecule has 0 aromatic heterocycles. The fourth-order valence-corrected chi connectivity index (χ4v) is 5.64. The highest BCUT2D eigenvalue weighted by molar-refractivity contribution is 5.48. The van der Waals surface area contributed by atoms with Crippen LogP contribution in [0, 0.1) is 0 Å². The lowest BCUT2D eigenvalue weighted by molar-refractivity contribution is 0.118. The maximum absolute atomic E-state index is 5.48. The number of morpholine rings is 1. The summed E-state index contributed by atoms with van der Waals surface area (Å²) < 4.78 is 5.48. The van der Waals surface area contributed by atoms with E-state index in [9.17, 15) is 0 Å². The van der Waals surface area contributed by atoms with Crippen molar-refractivity contribution < 1.29 is 4.74 Å². The summed E-state index contributed by atoms with van der Waals surface area (Å²) in [6, 6.07) is 19.9. The van der Waals surface area contributed by atoms with Crippen LogP contribution < -0.4 is 9.80 Å². The third kappa shape index (κ3) is 4.80. The molecule has 2 atom stereocenters. The Labute approximate surface area is 193 Å². The van der Waals surface area contributed by atoms with Crippen LogP contribution in [0.15, 0.2) is 48.5 Å². The van der Waals surface area contributed by atoms with Gasteiger partial charge in [-0.25, -0.2) is 0 Å². The van der Waals surface area contributed by atoms with Crippen LogP contribution in [-0.4, -0.2) is 74.9 Å². The molecule has 3 heterocycles. The van der Waals surface area contributed by atoms with Crippen LogP contribution in [0.2, 0.25) is 0 Å². The SMILES string of the molecule is CCCN(C)c1ccc(CN2C[C@@H]3C[C@H]2CN3Cc2ccc(N3CCOCC3)cc2)cc1. The van der Waals surface area contributed by atoms with Gasteiger partial charge >= 0.3 is 0 Å². The predicted molar refractivity (Wildman–Crippen MR) is 132 cm³/mol. The molecule has 5 rings (SSSR count). The molecular formula is C27H38N4O. The Hall–Kier alpha value is -2.08. The van der Waals surface area contributed by atoms with E-state index in [-0.39, 0.29) is 0 Å². The molecule has 3 aliphatic heterocycles. The Bertz CT molecular complexity index is 862.